The van der Waals surface area contributed by atoms with E-state index in [1.807, 2.05) is 0 Å². The molecule has 0 spiro atoms. The summed E-state index contributed by atoms with van der Waals surface area (Å²) in [6.45, 7) is 3.75. The van der Waals surface area contributed by atoms with E-state index in [9.17, 15) is 9.18 Å². The number of amides is 1. The van der Waals surface area contributed by atoms with Gasteiger partial charge in [-0.1, -0.05) is 6.07 Å². The molecule has 1 aromatic carbocycles. The van der Waals surface area contributed by atoms with Crippen molar-refractivity contribution in [3.8, 4) is 0 Å². The van der Waals surface area contributed by atoms with E-state index in [-0.39, 0.29) is 5.91 Å². The molecular formula is C17H17FN4O2. The largest absolute Gasteiger partial charge is 0.378 e. The maximum absolute atomic E-state index is 13.3. The molecule has 0 radical (unpaired) electrons. The Kier molecular flexibility index (Phi) is 3.86. The number of aromatic nitrogens is 2. The number of nitrogens with zero attached hydrogens (tertiary/aromatic N) is 4. The quantitative estimate of drug-likeness (QED) is 0.838. The number of ether oxygens (including phenoxy) is 1. The third-order valence-corrected chi connectivity index (χ3v) is 4.30. The van der Waals surface area contributed by atoms with Crippen LogP contribution >= 0.6 is 0 Å². The van der Waals surface area contributed by atoms with Gasteiger partial charge in [0.25, 0.3) is 5.91 Å². The van der Waals surface area contributed by atoms with Crippen LogP contribution in [0.1, 0.15) is 21.6 Å². The zero-order valence-corrected chi connectivity index (χ0v) is 13.1. The zero-order valence-electron chi connectivity index (χ0n) is 13.1. The second-order valence-corrected chi connectivity index (χ2v) is 5.91. The van der Waals surface area contributed by atoms with Crippen LogP contribution in [-0.4, -0.2) is 47.1 Å². The van der Waals surface area contributed by atoms with Gasteiger partial charge in [0.1, 0.15) is 5.82 Å². The molecule has 24 heavy (non-hydrogen) atoms. The summed E-state index contributed by atoms with van der Waals surface area (Å²) in [5.74, 6) is 0.0736. The first kappa shape index (κ1) is 15.0. The molecule has 2 aliphatic heterocycles. The minimum atomic E-state index is -0.410. The minimum Gasteiger partial charge on any atom is -0.378 e. The lowest BCUT2D eigenvalue weighted by Crippen LogP contribution is -2.37. The first-order valence-electron chi connectivity index (χ1n) is 7.93. The van der Waals surface area contributed by atoms with Crippen LogP contribution in [0.2, 0.25) is 0 Å². The van der Waals surface area contributed by atoms with Gasteiger partial charge in [-0.15, -0.1) is 0 Å². The van der Waals surface area contributed by atoms with Crippen molar-refractivity contribution in [2.75, 3.05) is 31.2 Å². The van der Waals surface area contributed by atoms with Gasteiger partial charge in [0.05, 0.1) is 25.5 Å². The summed E-state index contributed by atoms with van der Waals surface area (Å²) in [5, 5.41) is 0. The van der Waals surface area contributed by atoms with Gasteiger partial charge in [-0.05, 0) is 18.2 Å². The highest BCUT2D eigenvalue weighted by Crippen LogP contribution is 2.24. The van der Waals surface area contributed by atoms with Crippen LogP contribution in [0.4, 0.5) is 10.3 Å². The van der Waals surface area contributed by atoms with Gasteiger partial charge in [0.15, 0.2) is 0 Å². The molecule has 0 unspecified atom stereocenters. The van der Waals surface area contributed by atoms with Crippen LogP contribution in [0, 0.1) is 5.82 Å². The average molecular weight is 328 g/mol. The maximum atomic E-state index is 13.3. The fraction of sp³-hybridized carbons (Fsp3) is 0.353. The number of morpholine rings is 1. The number of hydrogen-bond acceptors (Lipinski definition) is 5. The van der Waals surface area contributed by atoms with Crippen molar-refractivity contribution >= 4 is 11.9 Å². The molecule has 2 aromatic rings. The normalized spacial score (nSPS) is 17.0. The lowest BCUT2D eigenvalue weighted by Gasteiger charge is -2.26. The Morgan fingerprint density at radius 1 is 1.21 bits per heavy atom. The average Bonchev–Trinajstić information content (AvgIpc) is 3.05. The molecule has 1 fully saturated rings. The Bertz CT molecular complexity index is 777. The standard InChI is InChI=1S/C17H17FN4O2/c18-14-3-1-2-12(8-14)16(23)22-10-13-9-19-17(20-15(13)11-22)21-4-6-24-7-5-21/h1-3,8-9H,4-7,10-11H2. The number of rotatable bonds is 2. The van der Waals surface area contributed by atoms with E-state index in [1.165, 1.54) is 12.1 Å². The van der Waals surface area contributed by atoms with Crippen molar-refractivity contribution in [1.82, 2.24) is 14.9 Å². The highest BCUT2D eigenvalue weighted by Gasteiger charge is 2.27. The highest BCUT2D eigenvalue weighted by atomic mass is 19.1. The summed E-state index contributed by atoms with van der Waals surface area (Å²) in [6, 6.07) is 5.76. The topological polar surface area (TPSA) is 58.6 Å². The molecule has 0 atom stereocenters. The molecule has 1 amide bonds. The monoisotopic (exact) mass is 328 g/mol. The summed E-state index contributed by atoms with van der Waals surface area (Å²) in [6.07, 6.45) is 1.78. The molecule has 0 saturated carbocycles. The fourth-order valence-electron chi connectivity index (χ4n) is 3.01. The second kappa shape index (κ2) is 6.16. The minimum absolute atomic E-state index is 0.194. The van der Waals surface area contributed by atoms with Gasteiger partial charge in [-0.3, -0.25) is 4.79 Å². The lowest BCUT2D eigenvalue weighted by atomic mass is 10.2. The van der Waals surface area contributed by atoms with E-state index in [2.05, 4.69) is 14.9 Å². The van der Waals surface area contributed by atoms with Gasteiger partial charge >= 0.3 is 0 Å². The van der Waals surface area contributed by atoms with Gasteiger partial charge in [-0.2, -0.15) is 0 Å². The SMILES string of the molecule is O=C(c1cccc(F)c1)N1Cc2cnc(N3CCOCC3)nc2C1. The summed E-state index contributed by atoms with van der Waals surface area (Å²) in [7, 11) is 0. The molecule has 1 aromatic heterocycles. The highest BCUT2D eigenvalue weighted by molar-refractivity contribution is 5.94. The van der Waals surface area contributed by atoms with Crippen molar-refractivity contribution in [1.29, 1.82) is 0 Å². The number of halogens is 1. The van der Waals surface area contributed by atoms with Gasteiger partial charge in [0.2, 0.25) is 5.95 Å². The number of carbonyl (C=O) groups excluding carboxylic acids is 1. The molecule has 7 heteroatoms. The Labute approximate surface area is 138 Å². The maximum Gasteiger partial charge on any atom is 0.254 e. The smallest absolute Gasteiger partial charge is 0.254 e. The number of carbonyl (C=O) groups is 1. The summed E-state index contributed by atoms with van der Waals surface area (Å²) in [4.78, 5) is 25.3. The molecule has 2 aliphatic rings. The number of fused-ring (bicyclic) bond motifs is 1. The van der Waals surface area contributed by atoms with E-state index in [1.54, 1.807) is 23.2 Å². The zero-order chi connectivity index (χ0) is 16.5. The summed E-state index contributed by atoms with van der Waals surface area (Å²) >= 11 is 0. The Morgan fingerprint density at radius 2 is 2.04 bits per heavy atom. The van der Waals surface area contributed by atoms with E-state index in [0.717, 1.165) is 24.3 Å². The van der Waals surface area contributed by atoms with Gasteiger partial charge in [0, 0.05) is 37.0 Å². The summed E-state index contributed by atoms with van der Waals surface area (Å²) in [5.41, 5.74) is 2.15. The van der Waals surface area contributed by atoms with E-state index >= 15 is 0 Å². The first-order valence-corrected chi connectivity index (χ1v) is 7.93. The molecule has 1 saturated heterocycles. The predicted octanol–water partition coefficient (Wildman–Crippen LogP) is 1.61. The molecule has 3 heterocycles. The Balaban J connectivity index is 1.52. The summed E-state index contributed by atoms with van der Waals surface area (Å²) < 4.78 is 18.7. The van der Waals surface area contributed by atoms with Crippen molar-refractivity contribution in [2.24, 2.45) is 0 Å². The predicted molar refractivity (Wildman–Crippen MR) is 85.0 cm³/mol. The molecule has 124 valence electrons. The van der Waals surface area contributed by atoms with Crippen molar-refractivity contribution < 1.29 is 13.9 Å². The number of hydrogen-bond donors (Lipinski definition) is 0. The van der Waals surface area contributed by atoms with Gasteiger partial charge in [-0.25, -0.2) is 14.4 Å². The van der Waals surface area contributed by atoms with Crippen LogP contribution < -0.4 is 4.90 Å². The molecular weight excluding hydrogens is 311 g/mol. The fourth-order valence-corrected chi connectivity index (χ4v) is 3.01. The third kappa shape index (κ3) is 2.82. The van der Waals surface area contributed by atoms with Crippen LogP contribution in [0.25, 0.3) is 0 Å². The van der Waals surface area contributed by atoms with E-state index < -0.39 is 5.82 Å². The van der Waals surface area contributed by atoms with E-state index in [0.29, 0.717) is 37.8 Å². The number of anilines is 1. The third-order valence-electron chi connectivity index (χ3n) is 4.30. The first-order chi connectivity index (χ1) is 11.7. The second-order valence-electron chi connectivity index (χ2n) is 5.91. The van der Waals surface area contributed by atoms with Gasteiger partial charge < -0.3 is 14.5 Å². The van der Waals surface area contributed by atoms with Crippen LogP contribution in [-0.2, 0) is 17.8 Å². The lowest BCUT2D eigenvalue weighted by molar-refractivity contribution is 0.0750. The Morgan fingerprint density at radius 3 is 2.83 bits per heavy atom. The number of benzene rings is 1. The molecule has 6 nitrogen and oxygen atoms in total. The molecule has 4 rings (SSSR count). The van der Waals surface area contributed by atoms with Crippen molar-refractivity contribution in [3.63, 3.8) is 0 Å². The van der Waals surface area contributed by atoms with Crippen LogP contribution in [0.3, 0.4) is 0 Å². The molecule has 0 N–H and O–H groups in total. The van der Waals surface area contributed by atoms with Crippen molar-refractivity contribution in [3.05, 3.63) is 53.1 Å². The van der Waals surface area contributed by atoms with Crippen molar-refractivity contribution in [2.45, 2.75) is 13.1 Å². The molecule has 0 bridgehead atoms. The van der Waals surface area contributed by atoms with E-state index in [4.69, 9.17) is 4.74 Å². The van der Waals surface area contributed by atoms with Crippen LogP contribution in [0.5, 0.6) is 0 Å². The Hall–Kier alpha value is -2.54. The van der Waals surface area contributed by atoms with Crippen LogP contribution in [0.15, 0.2) is 30.5 Å². The molecule has 0 aliphatic carbocycles.